The summed E-state index contributed by atoms with van der Waals surface area (Å²) in [4.78, 5) is 4.89. The quantitative estimate of drug-likeness (QED) is 0.282. The highest BCUT2D eigenvalue weighted by Crippen LogP contribution is 2.21. The normalized spacial score (nSPS) is 15.5. The summed E-state index contributed by atoms with van der Waals surface area (Å²) >= 11 is 0. The van der Waals surface area contributed by atoms with Gasteiger partial charge in [0.15, 0.2) is 0 Å². The van der Waals surface area contributed by atoms with Crippen molar-refractivity contribution in [3.63, 3.8) is 0 Å². The Labute approximate surface area is 152 Å². The highest BCUT2D eigenvalue weighted by Gasteiger charge is 2.18. The van der Waals surface area contributed by atoms with Crippen LogP contribution in [0.2, 0.25) is 0 Å². The lowest BCUT2D eigenvalue weighted by Crippen LogP contribution is -2.33. The van der Waals surface area contributed by atoms with E-state index in [9.17, 15) is 0 Å². The van der Waals surface area contributed by atoms with Crippen molar-refractivity contribution in [3.05, 3.63) is 12.4 Å². The van der Waals surface area contributed by atoms with Gasteiger partial charge in [0.25, 0.3) is 0 Å². The maximum absolute atomic E-state index is 2.58. The van der Waals surface area contributed by atoms with E-state index in [1.807, 2.05) is 0 Å². The molecular weight excluding hydrogens is 292 g/mol. The van der Waals surface area contributed by atoms with Crippen LogP contribution >= 0.6 is 0 Å². The van der Waals surface area contributed by atoms with E-state index in [-0.39, 0.29) is 0 Å². The Morgan fingerprint density at radius 3 is 1.54 bits per heavy atom. The van der Waals surface area contributed by atoms with Gasteiger partial charge in [0, 0.05) is 25.5 Å². The van der Waals surface area contributed by atoms with E-state index in [4.69, 9.17) is 0 Å². The number of unbranched alkanes of at least 4 members (excludes halogenated alkanes) is 11. The molecule has 0 bridgehead atoms. The topological polar surface area (TPSA) is 6.48 Å². The second-order valence-electron chi connectivity index (χ2n) is 7.83. The number of nitrogens with zero attached hydrogens (tertiary/aromatic N) is 2. The highest BCUT2D eigenvalue weighted by molar-refractivity contribution is 4.92. The van der Waals surface area contributed by atoms with Gasteiger partial charge >= 0.3 is 0 Å². The van der Waals surface area contributed by atoms with Crippen LogP contribution in [0, 0.1) is 0 Å². The molecule has 1 aliphatic rings. The molecule has 0 saturated carbocycles. The van der Waals surface area contributed by atoms with Crippen LogP contribution in [-0.2, 0) is 0 Å². The summed E-state index contributed by atoms with van der Waals surface area (Å²) in [5.74, 6) is 0. The molecule has 2 nitrogen and oxygen atoms in total. The van der Waals surface area contributed by atoms with Crippen molar-refractivity contribution < 1.29 is 0 Å². The summed E-state index contributed by atoms with van der Waals surface area (Å²) in [5.41, 5.74) is 0. The van der Waals surface area contributed by atoms with Crippen LogP contribution in [0.5, 0.6) is 0 Å². The smallest absolute Gasteiger partial charge is 0.0893 e. The maximum Gasteiger partial charge on any atom is 0.0893 e. The Morgan fingerprint density at radius 2 is 1.12 bits per heavy atom. The van der Waals surface area contributed by atoms with E-state index >= 15 is 0 Å². The van der Waals surface area contributed by atoms with Crippen molar-refractivity contribution >= 4 is 0 Å². The second-order valence-corrected chi connectivity index (χ2v) is 7.83. The Balaban J connectivity index is 2.15. The minimum absolute atomic E-state index is 0.771. The molecule has 1 atom stereocenters. The molecule has 0 fully saturated rings. The first-order chi connectivity index (χ1) is 11.8. The molecule has 1 aliphatic heterocycles. The molecule has 0 N–H and O–H groups in total. The van der Waals surface area contributed by atoms with Gasteiger partial charge in [-0.25, -0.2) is 0 Å². The summed E-state index contributed by atoms with van der Waals surface area (Å²) in [5, 5.41) is 0. The van der Waals surface area contributed by atoms with Gasteiger partial charge in [0.05, 0.1) is 6.67 Å². The first-order valence-electron chi connectivity index (χ1n) is 10.9. The average Bonchev–Trinajstić information content (AvgIpc) is 3.01. The highest BCUT2D eigenvalue weighted by atomic mass is 15.3. The van der Waals surface area contributed by atoms with Gasteiger partial charge in [-0.15, -0.1) is 0 Å². The Morgan fingerprint density at radius 1 is 0.667 bits per heavy atom. The Kier molecular flexibility index (Phi) is 13.1. The molecule has 0 aromatic heterocycles. The van der Waals surface area contributed by atoms with E-state index in [1.54, 1.807) is 0 Å². The van der Waals surface area contributed by atoms with Crippen molar-refractivity contribution in [2.75, 3.05) is 13.7 Å². The first kappa shape index (κ1) is 21.4. The lowest BCUT2D eigenvalue weighted by Gasteiger charge is -2.29. The van der Waals surface area contributed by atoms with Gasteiger partial charge in [0.1, 0.15) is 0 Å². The Hall–Kier alpha value is -0.660. The van der Waals surface area contributed by atoms with E-state index in [0.29, 0.717) is 0 Å². The zero-order chi connectivity index (χ0) is 17.5. The fourth-order valence-corrected chi connectivity index (χ4v) is 3.76. The molecule has 0 saturated heterocycles. The van der Waals surface area contributed by atoms with Crippen LogP contribution < -0.4 is 0 Å². The van der Waals surface area contributed by atoms with E-state index in [1.165, 1.54) is 96.3 Å². The van der Waals surface area contributed by atoms with E-state index in [0.717, 1.165) is 12.7 Å². The van der Waals surface area contributed by atoms with Crippen molar-refractivity contribution in [2.45, 2.75) is 116 Å². The molecule has 24 heavy (non-hydrogen) atoms. The lowest BCUT2D eigenvalue weighted by molar-refractivity contribution is 0.203. The average molecular weight is 337 g/mol. The monoisotopic (exact) mass is 336 g/mol. The van der Waals surface area contributed by atoms with Crippen LogP contribution in [0.4, 0.5) is 0 Å². The number of rotatable bonds is 16. The molecule has 1 unspecified atom stereocenters. The molecule has 0 amide bonds. The van der Waals surface area contributed by atoms with Gasteiger partial charge in [0.2, 0.25) is 0 Å². The predicted molar refractivity (Wildman–Crippen MR) is 108 cm³/mol. The fourth-order valence-electron chi connectivity index (χ4n) is 3.76. The maximum atomic E-state index is 2.58. The fraction of sp³-hybridized carbons (Fsp3) is 0.909. The van der Waals surface area contributed by atoms with Crippen LogP contribution in [0.1, 0.15) is 110 Å². The van der Waals surface area contributed by atoms with E-state index < -0.39 is 0 Å². The molecular formula is C22H44N2. The van der Waals surface area contributed by atoms with Crippen molar-refractivity contribution in [3.8, 4) is 0 Å². The predicted octanol–water partition coefficient (Wildman–Crippen LogP) is 6.92. The third kappa shape index (κ3) is 10.3. The van der Waals surface area contributed by atoms with Crippen LogP contribution in [0.3, 0.4) is 0 Å². The van der Waals surface area contributed by atoms with Gasteiger partial charge in [-0.05, 0) is 12.8 Å². The number of hydrogen-bond donors (Lipinski definition) is 0. The molecule has 0 radical (unpaired) electrons. The SMILES string of the molecule is CCCCCCCCCCC(CCCCCCC)N1C=CN(C)C1. The standard InChI is InChI=1S/C22H44N2/c1-4-6-8-10-11-12-14-16-18-22(17-15-13-9-7-5-2)24-20-19-23(3)21-24/h19-20,22H,4-18,21H2,1-3H3. The number of hydrogen-bond acceptors (Lipinski definition) is 2. The van der Waals surface area contributed by atoms with E-state index in [2.05, 4.69) is 43.1 Å². The van der Waals surface area contributed by atoms with Crippen LogP contribution in [0.25, 0.3) is 0 Å². The van der Waals surface area contributed by atoms with Gasteiger partial charge in [-0.3, -0.25) is 0 Å². The summed E-state index contributed by atoms with van der Waals surface area (Å²) in [6, 6.07) is 0.771. The van der Waals surface area contributed by atoms with Crippen LogP contribution in [0.15, 0.2) is 12.4 Å². The molecule has 1 heterocycles. The van der Waals surface area contributed by atoms with Crippen molar-refractivity contribution in [2.24, 2.45) is 0 Å². The largest absolute Gasteiger partial charge is 0.362 e. The summed E-state index contributed by atoms with van der Waals surface area (Å²) in [6.07, 6.45) is 25.8. The minimum Gasteiger partial charge on any atom is -0.362 e. The molecule has 0 aliphatic carbocycles. The second kappa shape index (κ2) is 14.7. The zero-order valence-corrected chi connectivity index (χ0v) is 16.9. The van der Waals surface area contributed by atoms with Gasteiger partial charge in [-0.2, -0.15) is 0 Å². The molecule has 0 aromatic carbocycles. The zero-order valence-electron chi connectivity index (χ0n) is 16.9. The molecule has 0 aromatic rings. The molecule has 0 spiro atoms. The third-order valence-electron chi connectivity index (χ3n) is 5.40. The van der Waals surface area contributed by atoms with Crippen molar-refractivity contribution in [1.29, 1.82) is 0 Å². The molecule has 2 heteroatoms. The molecule has 142 valence electrons. The lowest BCUT2D eigenvalue weighted by atomic mass is 9.99. The Bertz CT molecular complexity index is 300. The summed E-state index contributed by atoms with van der Waals surface area (Å²) in [6.45, 7) is 5.69. The van der Waals surface area contributed by atoms with Crippen molar-refractivity contribution in [1.82, 2.24) is 9.80 Å². The first-order valence-corrected chi connectivity index (χ1v) is 10.9. The minimum atomic E-state index is 0.771. The third-order valence-corrected chi connectivity index (χ3v) is 5.40. The van der Waals surface area contributed by atoms with Crippen LogP contribution in [-0.4, -0.2) is 29.6 Å². The van der Waals surface area contributed by atoms with Gasteiger partial charge < -0.3 is 9.80 Å². The summed E-state index contributed by atoms with van der Waals surface area (Å²) in [7, 11) is 2.19. The summed E-state index contributed by atoms with van der Waals surface area (Å²) < 4.78 is 0. The van der Waals surface area contributed by atoms with Gasteiger partial charge in [-0.1, -0.05) is 97.3 Å². The molecule has 1 rings (SSSR count).